The van der Waals surface area contributed by atoms with Gasteiger partial charge in [0.25, 0.3) is 0 Å². The van der Waals surface area contributed by atoms with Gasteiger partial charge in [0.2, 0.25) is 0 Å². The molecule has 1 saturated heterocycles. The number of anilines is 2. The van der Waals surface area contributed by atoms with E-state index in [-0.39, 0.29) is 0 Å². The van der Waals surface area contributed by atoms with E-state index < -0.39 is 5.97 Å². The van der Waals surface area contributed by atoms with Gasteiger partial charge in [0.15, 0.2) is 0 Å². The number of likely N-dealkylation sites (N-methyl/N-ethyl adjacent to an activating group) is 1. The Morgan fingerprint density at radius 2 is 2.26 bits per heavy atom. The van der Waals surface area contributed by atoms with Crippen LogP contribution in [0.2, 0.25) is 0 Å². The number of rotatable bonds is 3. The van der Waals surface area contributed by atoms with Crippen LogP contribution in [0.4, 0.5) is 11.4 Å². The monoisotopic (exact) mass is 264 g/mol. The summed E-state index contributed by atoms with van der Waals surface area (Å²) in [6, 6.07) is 4.11. The van der Waals surface area contributed by atoms with Gasteiger partial charge in [0.1, 0.15) is 0 Å². The van der Waals surface area contributed by atoms with E-state index in [2.05, 4.69) is 4.90 Å². The highest BCUT2D eigenvalue weighted by Gasteiger charge is 2.22. The summed E-state index contributed by atoms with van der Waals surface area (Å²) >= 11 is 0. The lowest BCUT2D eigenvalue weighted by molar-refractivity contribution is 0.0602. The van der Waals surface area contributed by atoms with Gasteiger partial charge in [-0.3, -0.25) is 0 Å². The zero-order chi connectivity index (χ0) is 14.0. The molecule has 0 amide bonds. The van der Waals surface area contributed by atoms with Crippen molar-refractivity contribution in [3.8, 4) is 0 Å². The molecular formula is C14H20N2O3. The van der Waals surface area contributed by atoms with Crippen LogP contribution in [-0.2, 0) is 9.47 Å². The average Bonchev–Trinajstić information content (AvgIpc) is 2.94. The van der Waals surface area contributed by atoms with Gasteiger partial charge in [-0.2, -0.15) is 0 Å². The number of benzene rings is 1. The number of nitrogen functional groups attached to an aromatic ring is 1. The number of methoxy groups -OCH3 is 1. The van der Waals surface area contributed by atoms with E-state index in [9.17, 15) is 4.79 Å². The zero-order valence-electron chi connectivity index (χ0n) is 11.6. The Morgan fingerprint density at radius 3 is 2.84 bits per heavy atom. The van der Waals surface area contributed by atoms with Crippen molar-refractivity contribution in [2.24, 2.45) is 0 Å². The number of hydrogen-bond donors (Lipinski definition) is 1. The van der Waals surface area contributed by atoms with Crippen LogP contribution in [0.1, 0.15) is 22.3 Å². The first-order valence-electron chi connectivity index (χ1n) is 6.33. The molecule has 5 nitrogen and oxygen atoms in total. The molecule has 0 aromatic heterocycles. The number of aryl methyl sites for hydroxylation is 1. The highest BCUT2D eigenvalue weighted by Crippen LogP contribution is 2.28. The smallest absolute Gasteiger partial charge is 0.340 e. The SMILES string of the molecule is COC(=O)c1cc(N(C)C2CCOC2)cc(C)c1N. The van der Waals surface area contributed by atoms with Crippen LogP contribution in [0.25, 0.3) is 0 Å². The van der Waals surface area contributed by atoms with Crippen molar-refractivity contribution >= 4 is 17.3 Å². The minimum absolute atomic E-state index is 0.341. The number of nitrogens with two attached hydrogens (primary N) is 1. The molecule has 1 aromatic rings. The van der Waals surface area contributed by atoms with Crippen LogP contribution in [0.15, 0.2) is 12.1 Å². The molecule has 1 atom stereocenters. The summed E-state index contributed by atoms with van der Waals surface area (Å²) in [6.07, 6.45) is 0.994. The third kappa shape index (κ3) is 2.66. The number of ether oxygens (including phenoxy) is 2. The summed E-state index contributed by atoms with van der Waals surface area (Å²) in [5.74, 6) is -0.404. The Hall–Kier alpha value is -1.75. The summed E-state index contributed by atoms with van der Waals surface area (Å²) in [6.45, 7) is 3.39. The van der Waals surface area contributed by atoms with E-state index in [4.69, 9.17) is 15.2 Å². The van der Waals surface area contributed by atoms with Gasteiger partial charge >= 0.3 is 5.97 Å². The molecule has 0 aliphatic carbocycles. The van der Waals surface area contributed by atoms with Crippen molar-refractivity contribution in [2.75, 3.05) is 38.0 Å². The number of carbonyl (C=O) groups is 1. The predicted octanol–water partition coefficient (Wildman–Crippen LogP) is 1.59. The number of carbonyl (C=O) groups excluding carboxylic acids is 1. The van der Waals surface area contributed by atoms with Crippen molar-refractivity contribution in [3.05, 3.63) is 23.3 Å². The molecule has 19 heavy (non-hydrogen) atoms. The molecule has 1 aliphatic rings. The molecule has 104 valence electrons. The van der Waals surface area contributed by atoms with Crippen LogP contribution in [-0.4, -0.2) is 39.4 Å². The third-order valence-electron chi connectivity index (χ3n) is 3.64. The molecule has 2 rings (SSSR count). The molecule has 0 spiro atoms. The van der Waals surface area contributed by atoms with Crippen molar-refractivity contribution in [2.45, 2.75) is 19.4 Å². The minimum Gasteiger partial charge on any atom is -0.465 e. The third-order valence-corrected chi connectivity index (χ3v) is 3.64. The highest BCUT2D eigenvalue weighted by atomic mass is 16.5. The van der Waals surface area contributed by atoms with E-state index in [0.29, 0.717) is 23.9 Å². The lowest BCUT2D eigenvalue weighted by Gasteiger charge is -2.26. The zero-order valence-corrected chi connectivity index (χ0v) is 11.6. The Labute approximate surface area is 113 Å². The Morgan fingerprint density at radius 1 is 1.53 bits per heavy atom. The fourth-order valence-corrected chi connectivity index (χ4v) is 2.30. The van der Waals surface area contributed by atoms with E-state index in [1.54, 1.807) is 6.07 Å². The largest absolute Gasteiger partial charge is 0.465 e. The molecule has 2 N–H and O–H groups in total. The van der Waals surface area contributed by atoms with E-state index in [1.807, 2.05) is 20.0 Å². The maximum absolute atomic E-state index is 11.7. The Balaban J connectivity index is 2.35. The number of hydrogen-bond acceptors (Lipinski definition) is 5. The average molecular weight is 264 g/mol. The molecule has 0 radical (unpaired) electrons. The molecular weight excluding hydrogens is 244 g/mol. The minimum atomic E-state index is -0.404. The van der Waals surface area contributed by atoms with Crippen LogP contribution in [0.3, 0.4) is 0 Å². The van der Waals surface area contributed by atoms with Gasteiger partial charge in [-0.1, -0.05) is 0 Å². The van der Waals surface area contributed by atoms with Crippen LogP contribution < -0.4 is 10.6 Å². The summed E-state index contributed by atoms with van der Waals surface area (Å²) < 4.78 is 10.2. The van der Waals surface area contributed by atoms with Gasteiger partial charge in [-0.25, -0.2) is 4.79 Å². The fraction of sp³-hybridized carbons (Fsp3) is 0.500. The maximum Gasteiger partial charge on any atom is 0.340 e. The summed E-state index contributed by atoms with van der Waals surface area (Å²) in [4.78, 5) is 13.9. The number of esters is 1. The molecule has 1 fully saturated rings. The van der Waals surface area contributed by atoms with E-state index in [1.165, 1.54) is 7.11 Å². The first kappa shape index (κ1) is 13.7. The van der Waals surface area contributed by atoms with Gasteiger partial charge in [-0.05, 0) is 31.0 Å². The van der Waals surface area contributed by atoms with Crippen molar-refractivity contribution in [1.82, 2.24) is 0 Å². The first-order valence-corrected chi connectivity index (χ1v) is 6.33. The molecule has 5 heteroatoms. The number of nitrogens with zero attached hydrogens (tertiary/aromatic N) is 1. The van der Waals surface area contributed by atoms with Crippen LogP contribution in [0, 0.1) is 6.92 Å². The van der Waals surface area contributed by atoms with Crippen LogP contribution in [0.5, 0.6) is 0 Å². The molecule has 1 heterocycles. The topological polar surface area (TPSA) is 64.8 Å². The van der Waals surface area contributed by atoms with Crippen molar-refractivity contribution in [1.29, 1.82) is 0 Å². The normalized spacial score (nSPS) is 18.4. The Kier molecular flexibility index (Phi) is 3.95. The molecule has 1 aliphatic heterocycles. The maximum atomic E-state index is 11.7. The van der Waals surface area contributed by atoms with Gasteiger partial charge in [-0.15, -0.1) is 0 Å². The summed E-state index contributed by atoms with van der Waals surface area (Å²) in [7, 11) is 3.36. The van der Waals surface area contributed by atoms with E-state index >= 15 is 0 Å². The second kappa shape index (κ2) is 5.48. The molecule has 1 unspecified atom stereocenters. The second-order valence-corrected chi connectivity index (χ2v) is 4.84. The summed E-state index contributed by atoms with van der Waals surface area (Å²) in [5, 5.41) is 0. The summed E-state index contributed by atoms with van der Waals surface area (Å²) in [5.41, 5.74) is 8.67. The van der Waals surface area contributed by atoms with Gasteiger partial charge in [0, 0.05) is 25.0 Å². The first-order chi connectivity index (χ1) is 9.04. The van der Waals surface area contributed by atoms with Gasteiger partial charge < -0.3 is 20.1 Å². The lowest BCUT2D eigenvalue weighted by atomic mass is 10.1. The highest BCUT2D eigenvalue weighted by molar-refractivity contribution is 5.97. The quantitative estimate of drug-likeness (QED) is 0.663. The van der Waals surface area contributed by atoms with Gasteiger partial charge in [0.05, 0.1) is 25.3 Å². The lowest BCUT2D eigenvalue weighted by Crippen LogP contribution is -2.32. The standard InChI is InChI=1S/C14H20N2O3/c1-9-6-11(16(2)10-4-5-19-8-10)7-12(13(9)15)14(17)18-3/h6-7,10H,4-5,8,15H2,1-3H3. The van der Waals surface area contributed by atoms with Crippen molar-refractivity contribution < 1.29 is 14.3 Å². The van der Waals surface area contributed by atoms with Crippen LogP contribution >= 0.6 is 0 Å². The molecule has 1 aromatic carbocycles. The Bertz CT molecular complexity index is 482. The van der Waals surface area contributed by atoms with Crippen molar-refractivity contribution in [3.63, 3.8) is 0 Å². The fourth-order valence-electron chi connectivity index (χ4n) is 2.30. The molecule has 0 bridgehead atoms. The molecule has 0 saturated carbocycles. The van der Waals surface area contributed by atoms with E-state index in [0.717, 1.165) is 24.3 Å². The predicted molar refractivity (Wildman–Crippen MR) is 74.6 cm³/mol. The second-order valence-electron chi connectivity index (χ2n) is 4.84.